The number of amides is 2. The number of carbonyl (C=O) groups is 1. The first kappa shape index (κ1) is 17.0. The Balaban J connectivity index is 2.06. The predicted octanol–water partition coefficient (Wildman–Crippen LogP) is 2.36. The molecular weight excluding hydrogens is 334 g/mol. The van der Waals surface area contributed by atoms with E-state index in [4.69, 9.17) is 5.73 Å². The summed E-state index contributed by atoms with van der Waals surface area (Å²) in [6.07, 6.45) is 3.53. The van der Waals surface area contributed by atoms with Crippen LogP contribution in [0.1, 0.15) is 12.8 Å². The molecule has 8 heteroatoms. The first-order valence-electron chi connectivity index (χ1n) is 7.81. The smallest absolute Gasteiger partial charge is 0.331 e. The molecule has 0 unspecified atom stereocenters. The van der Waals surface area contributed by atoms with Crippen LogP contribution in [0.4, 0.5) is 19.3 Å². The number of nitrogens with zero attached hydrogens (tertiary/aromatic N) is 3. The van der Waals surface area contributed by atoms with Crippen molar-refractivity contribution in [2.75, 3.05) is 25.0 Å². The van der Waals surface area contributed by atoms with Gasteiger partial charge in [-0.05, 0) is 31.1 Å². The van der Waals surface area contributed by atoms with Crippen LogP contribution in [0.25, 0.3) is 0 Å². The first-order chi connectivity index (χ1) is 11.4. The third kappa shape index (κ3) is 3.08. The van der Waals surface area contributed by atoms with Crippen LogP contribution in [-0.2, 0) is 0 Å². The summed E-state index contributed by atoms with van der Waals surface area (Å²) in [7, 11) is 1.57. The number of thiol groups is 1. The van der Waals surface area contributed by atoms with Gasteiger partial charge in [0.2, 0.25) is 0 Å². The highest BCUT2D eigenvalue weighted by molar-refractivity contribution is 7.81. The minimum Gasteiger partial charge on any atom is -0.356 e. The molecule has 1 fully saturated rings. The number of benzene rings is 1. The van der Waals surface area contributed by atoms with Crippen molar-refractivity contribution < 1.29 is 13.6 Å². The van der Waals surface area contributed by atoms with Crippen molar-refractivity contribution >= 4 is 24.3 Å². The third-order valence-corrected chi connectivity index (χ3v) is 4.84. The Morgan fingerprint density at radius 2 is 2.08 bits per heavy atom. The Hall–Kier alpha value is -1.80. The van der Waals surface area contributed by atoms with Gasteiger partial charge in [-0.25, -0.2) is 18.5 Å². The van der Waals surface area contributed by atoms with Gasteiger partial charge in [-0.1, -0.05) is 0 Å². The third-order valence-electron chi connectivity index (χ3n) is 4.35. The maximum atomic E-state index is 14.3. The molecule has 2 heterocycles. The molecule has 1 saturated heterocycles. The lowest BCUT2D eigenvalue weighted by Gasteiger charge is -2.43. The second-order valence-electron chi connectivity index (χ2n) is 6.11. The molecule has 24 heavy (non-hydrogen) atoms. The lowest BCUT2D eigenvalue weighted by molar-refractivity contribution is 0.201. The van der Waals surface area contributed by atoms with Crippen molar-refractivity contribution in [2.45, 2.75) is 24.3 Å². The van der Waals surface area contributed by atoms with E-state index in [1.54, 1.807) is 13.1 Å². The van der Waals surface area contributed by atoms with Gasteiger partial charge in [0.25, 0.3) is 0 Å². The van der Waals surface area contributed by atoms with Gasteiger partial charge in [0.15, 0.2) is 0 Å². The Labute approximate surface area is 145 Å². The van der Waals surface area contributed by atoms with Crippen LogP contribution in [0.15, 0.2) is 30.1 Å². The Morgan fingerprint density at radius 3 is 2.79 bits per heavy atom. The quantitative estimate of drug-likeness (QED) is 0.802. The summed E-state index contributed by atoms with van der Waals surface area (Å²) in [4.78, 5) is 17.2. The lowest BCUT2D eigenvalue weighted by atomic mass is 10.1. The van der Waals surface area contributed by atoms with E-state index in [-0.39, 0.29) is 11.7 Å². The van der Waals surface area contributed by atoms with Gasteiger partial charge in [-0.2, -0.15) is 12.6 Å². The number of urea groups is 1. The number of likely N-dealkylation sites (N-methyl/N-ethyl adjacent to an activating group) is 1. The summed E-state index contributed by atoms with van der Waals surface area (Å²) in [5.74, 6) is -0.773. The van der Waals surface area contributed by atoms with E-state index in [1.807, 2.05) is 4.90 Å². The lowest BCUT2D eigenvalue weighted by Crippen LogP contribution is -2.54. The first-order valence-corrected chi connectivity index (χ1v) is 8.32. The van der Waals surface area contributed by atoms with E-state index in [0.717, 1.165) is 31.0 Å². The largest absolute Gasteiger partial charge is 0.356 e. The number of hydrogen-bond donors (Lipinski definition) is 2. The van der Waals surface area contributed by atoms with Crippen LogP contribution in [-0.4, -0.2) is 47.4 Å². The van der Waals surface area contributed by atoms with Crippen LogP contribution in [0, 0.1) is 11.6 Å². The molecule has 0 saturated carbocycles. The van der Waals surface area contributed by atoms with E-state index >= 15 is 0 Å². The fourth-order valence-corrected chi connectivity index (χ4v) is 3.27. The van der Waals surface area contributed by atoms with Gasteiger partial charge in [-0.15, -0.1) is 0 Å². The fraction of sp³-hybridized carbons (Fsp3) is 0.438. The number of nitrogens with two attached hydrogens (primary N) is 1. The molecule has 0 aliphatic carbocycles. The second-order valence-corrected chi connectivity index (χ2v) is 6.64. The number of piperidine rings is 1. The zero-order valence-corrected chi connectivity index (χ0v) is 14.2. The molecule has 0 radical (unpaired) electrons. The number of rotatable bonds is 2. The molecule has 130 valence electrons. The highest BCUT2D eigenvalue weighted by Gasteiger charge is 2.36. The molecule has 2 aliphatic heterocycles. The molecule has 2 aliphatic rings. The number of anilines is 1. The number of halogens is 2. The van der Waals surface area contributed by atoms with Gasteiger partial charge in [-0.3, -0.25) is 0 Å². The molecule has 1 aromatic carbocycles. The van der Waals surface area contributed by atoms with Crippen LogP contribution in [0.3, 0.4) is 0 Å². The molecule has 2 amide bonds. The van der Waals surface area contributed by atoms with Crippen LogP contribution < -0.4 is 10.6 Å². The van der Waals surface area contributed by atoms with Crippen molar-refractivity contribution in [2.24, 2.45) is 5.73 Å². The zero-order chi connectivity index (χ0) is 17.4. The average molecular weight is 354 g/mol. The van der Waals surface area contributed by atoms with E-state index in [2.05, 4.69) is 12.6 Å². The van der Waals surface area contributed by atoms with E-state index in [9.17, 15) is 13.6 Å². The monoisotopic (exact) mass is 354 g/mol. The van der Waals surface area contributed by atoms with Crippen molar-refractivity contribution in [1.82, 2.24) is 9.80 Å². The summed E-state index contributed by atoms with van der Waals surface area (Å²) in [5.41, 5.74) is 5.92. The molecule has 3 rings (SSSR count). The minimum atomic E-state index is -0.664. The summed E-state index contributed by atoms with van der Waals surface area (Å²) in [6, 6.07) is 2.59. The molecular formula is C16H20F2N4OS. The highest BCUT2D eigenvalue weighted by Crippen LogP contribution is 2.32. The van der Waals surface area contributed by atoms with E-state index < -0.39 is 23.0 Å². The standard InChI is InChI=1S/C16H20F2N4OS/c1-20-15(24)8-14(21-6-2-3-11(19)9-21)22(16(20)23)13-7-10(17)4-5-12(13)18/h4-5,7-8,11,15,24H,2-3,6,9,19H2,1H3/t11-,15-/m1/s1. The van der Waals surface area contributed by atoms with Gasteiger partial charge >= 0.3 is 6.03 Å². The summed E-state index contributed by atoms with van der Waals surface area (Å²) in [5, 5.41) is -0.446. The Bertz CT molecular complexity index is 684. The topological polar surface area (TPSA) is 52.8 Å². The molecule has 2 N–H and O–H groups in total. The van der Waals surface area contributed by atoms with Crippen molar-refractivity contribution in [3.05, 3.63) is 41.7 Å². The molecule has 0 bridgehead atoms. The average Bonchev–Trinajstić information content (AvgIpc) is 2.55. The molecule has 1 aromatic rings. The molecule has 5 nitrogen and oxygen atoms in total. The van der Waals surface area contributed by atoms with Crippen LogP contribution in [0.5, 0.6) is 0 Å². The number of hydrogen-bond acceptors (Lipinski definition) is 4. The molecule has 0 aromatic heterocycles. The maximum Gasteiger partial charge on any atom is 0.331 e. The maximum absolute atomic E-state index is 14.3. The minimum absolute atomic E-state index is 0.0213. The number of carbonyl (C=O) groups excluding carboxylic acids is 1. The normalized spacial score (nSPS) is 25.1. The van der Waals surface area contributed by atoms with Crippen LogP contribution >= 0.6 is 12.6 Å². The fourth-order valence-electron chi connectivity index (χ4n) is 3.04. The Kier molecular flexibility index (Phi) is 4.69. The van der Waals surface area contributed by atoms with Gasteiger partial charge in [0.05, 0.1) is 11.1 Å². The summed E-state index contributed by atoms with van der Waals surface area (Å²) in [6.45, 7) is 1.25. The number of likely N-dealkylation sites (tertiary alicyclic amines) is 1. The van der Waals surface area contributed by atoms with E-state index in [0.29, 0.717) is 18.9 Å². The summed E-state index contributed by atoms with van der Waals surface area (Å²) < 4.78 is 27.9. The van der Waals surface area contributed by atoms with Crippen LogP contribution in [0.2, 0.25) is 0 Å². The van der Waals surface area contributed by atoms with Gasteiger partial charge < -0.3 is 15.5 Å². The molecule has 0 spiro atoms. The van der Waals surface area contributed by atoms with Crippen molar-refractivity contribution in [1.29, 1.82) is 0 Å². The second kappa shape index (κ2) is 6.60. The SMILES string of the molecule is CN1C(=O)N(c2cc(F)ccc2F)C(N2CCC[C@@H](N)C2)=C[C@H]1S. The highest BCUT2D eigenvalue weighted by atomic mass is 32.1. The van der Waals surface area contributed by atoms with Crippen molar-refractivity contribution in [3.63, 3.8) is 0 Å². The van der Waals surface area contributed by atoms with E-state index in [1.165, 1.54) is 9.80 Å². The Morgan fingerprint density at radius 1 is 1.33 bits per heavy atom. The summed E-state index contributed by atoms with van der Waals surface area (Å²) >= 11 is 4.39. The predicted molar refractivity (Wildman–Crippen MR) is 91.6 cm³/mol. The van der Waals surface area contributed by atoms with Crippen molar-refractivity contribution in [3.8, 4) is 0 Å². The van der Waals surface area contributed by atoms with Gasteiger partial charge in [0, 0.05) is 32.2 Å². The van der Waals surface area contributed by atoms with Gasteiger partial charge in [0.1, 0.15) is 17.5 Å². The molecule has 2 atom stereocenters. The zero-order valence-electron chi connectivity index (χ0n) is 13.3.